The Hall–Kier alpha value is -2.39. The molecule has 0 saturated carbocycles. The van der Waals surface area contributed by atoms with E-state index in [0.29, 0.717) is 0 Å². The second-order valence-corrected chi connectivity index (χ2v) is 5.53. The zero-order valence-corrected chi connectivity index (χ0v) is 12.3. The molecule has 0 fully saturated rings. The molecule has 21 heavy (non-hydrogen) atoms. The molecule has 0 heterocycles. The third kappa shape index (κ3) is 3.80. The van der Waals surface area contributed by atoms with Crippen molar-refractivity contribution in [1.82, 2.24) is 0 Å². The summed E-state index contributed by atoms with van der Waals surface area (Å²) in [7, 11) is 0. The molecule has 2 nitrogen and oxygen atoms in total. The standard InChI is InChI=1S/C18H16N2S/c1-4-10-16(11-5-1)19-20(17-12-6-2-7-13-17)21-18-14-8-3-9-15-18/h1-15,19H. The van der Waals surface area contributed by atoms with Gasteiger partial charge in [-0.3, -0.25) is 5.43 Å². The summed E-state index contributed by atoms with van der Waals surface area (Å²) in [5.41, 5.74) is 5.61. The Morgan fingerprint density at radius 1 is 0.619 bits per heavy atom. The highest BCUT2D eigenvalue weighted by atomic mass is 32.2. The second-order valence-electron chi connectivity index (χ2n) is 4.51. The highest BCUT2D eigenvalue weighted by molar-refractivity contribution is 8.00. The first kappa shape index (κ1) is 13.6. The largest absolute Gasteiger partial charge is 0.288 e. The van der Waals surface area contributed by atoms with Gasteiger partial charge in [0.1, 0.15) is 0 Å². The fourth-order valence-corrected chi connectivity index (χ4v) is 2.79. The van der Waals surface area contributed by atoms with Crippen molar-refractivity contribution in [2.45, 2.75) is 4.90 Å². The van der Waals surface area contributed by atoms with Crippen LogP contribution >= 0.6 is 11.9 Å². The summed E-state index contributed by atoms with van der Waals surface area (Å²) in [6.07, 6.45) is 0. The molecule has 0 unspecified atom stereocenters. The first-order chi connectivity index (χ1) is 10.4. The first-order valence-electron chi connectivity index (χ1n) is 6.82. The van der Waals surface area contributed by atoms with E-state index in [1.165, 1.54) is 4.90 Å². The van der Waals surface area contributed by atoms with Crippen LogP contribution in [0.4, 0.5) is 11.4 Å². The van der Waals surface area contributed by atoms with E-state index in [2.05, 4.69) is 46.2 Å². The topological polar surface area (TPSA) is 15.3 Å². The Bertz CT molecular complexity index is 615. The van der Waals surface area contributed by atoms with Crippen LogP contribution in [-0.4, -0.2) is 0 Å². The van der Waals surface area contributed by atoms with Crippen LogP contribution in [0.5, 0.6) is 0 Å². The van der Waals surface area contributed by atoms with Crippen molar-refractivity contribution in [1.29, 1.82) is 0 Å². The normalized spacial score (nSPS) is 10.1. The van der Waals surface area contributed by atoms with E-state index in [1.54, 1.807) is 11.9 Å². The van der Waals surface area contributed by atoms with Gasteiger partial charge in [-0.05, 0) is 36.4 Å². The van der Waals surface area contributed by atoms with Crippen LogP contribution < -0.4 is 9.84 Å². The molecular weight excluding hydrogens is 276 g/mol. The molecule has 1 N–H and O–H groups in total. The van der Waals surface area contributed by atoms with Gasteiger partial charge in [-0.15, -0.1) is 0 Å². The molecule has 0 aliphatic carbocycles. The Balaban J connectivity index is 1.84. The number of rotatable bonds is 5. The van der Waals surface area contributed by atoms with Gasteiger partial charge in [-0.1, -0.05) is 54.6 Å². The van der Waals surface area contributed by atoms with Crippen molar-refractivity contribution in [3.05, 3.63) is 91.0 Å². The van der Waals surface area contributed by atoms with Gasteiger partial charge in [0.05, 0.1) is 11.4 Å². The molecule has 0 radical (unpaired) electrons. The fraction of sp³-hybridized carbons (Fsp3) is 0. The molecule has 0 spiro atoms. The predicted molar refractivity (Wildman–Crippen MR) is 91.3 cm³/mol. The summed E-state index contributed by atoms with van der Waals surface area (Å²) >= 11 is 1.66. The smallest absolute Gasteiger partial charge is 0.0704 e. The summed E-state index contributed by atoms with van der Waals surface area (Å²) in [5.74, 6) is 0. The predicted octanol–water partition coefficient (Wildman–Crippen LogP) is 5.23. The minimum Gasteiger partial charge on any atom is -0.288 e. The average Bonchev–Trinajstić information content (AvgIpc) is 2.57. The third-order valence-corrected chi connectivity index (χ3v) is 3.90. The zero-order chi connectivity index (χ0) is 14.3. The van der Waals surface area contributed by atoms with Gasteiger partial charge >= 0.3 is 0 Å². The SMILES string of the molecule is c1ccc(NN(Sc2ccccc2)c2ccccc2)cc1. The highest BCUT2D eigenvalue weighted by Gasteiger charge is 2.08. The summed E-state index contributed by atoms with van der Waals surface area (Å²) < 4.78 is 2.07. The van der Waals surface area contributed by atoms with Gasteiger partial charge in [-0.25, -0.2) is 4.41 Å². The van der Waals surface area contributed by atoms with Crippen molar-refractivity contribution in [3.8, 4) is 0 Å². The number of hydrogen-bond acceptors (Lipinski definition) is 3. The van der Waals surface area contributed by atoms with Gasteiger partial charge < -0.3 is 0 Å². The molecule has 3 aromatic rings. The van der Waals surface area contributed by atoms with E-state index < -0.39 is 0 Å². The van der Waals surface area contributed by atoms with Gasteiger partial charge in [0.2, 0.25) is 0 Å². The minimum atomic E-state index is 1.06. The quantitative estimate of drug-likeness (QED) is 0.512. The molecule has 0 atom stereocenters. The van der Waals surface area contributed by atoms with E-state index in [1.807, 2.05) is 54.6 Å². The van der Waals surface area contributed by atoms with Gasteiger partial charge in [0.25, 0.3) is 0 Å². The summed E-state index contributed by atoms with van der Waals surface area (Å²) in [6, 6.07) is 30.8. The lowest BCUT2D eigenvalue weighted by molar-refractivity contribution is 1.27. The zero-order valence-electron chi connectivity index (χ0n) is 11.5. The van der Waals surface area contributed by atoms with Crippen LogP contribution in [0.25, 0.3) is 0 Å². The highest BCUT2D eigenvalue weighted by Crippen LogP contribution is 2.29. The van der Waals surface area contributed by atoms with Gasteiger partial charge in [-0.2, -0.15) is 0 Å². The van der Waals surface area contributed by atoms with E-state index >= 15 is 0 Å². The Labute approximate surface area is 129 Å². The third-order valence-electron chi connectivity index (χ3n) is 2.94. The maximum atomic E-state index is 3.44. The van der Waals surface area contributed by atoms with E-state index in [9.17, 15) is 0 Å². The number of nitrogens with one attached hydrogen (secondary N) is 1. The van der Waals surface area contributed by atoms with Crippen LogP contribution in [0.2, 0.25) is 0 Å². The van der Waals surface area contributed by atoms with E-state index in [4.69, 9.17) is 0 Å². The number of nitrogens with zero attached hydrogens (tertiary/aromatic N) is 1. The van der Waals surface area contributed by atoms with Crippen molar-refractivity contribution < 1.29 is 0 Å². The lowest BCUT2D eigenvalue weighted by Gasteiger charge is -2.24. The minimum absolute atomic E-state index is 1.06. The molecule has 0 saturated heterocycles. The Morgan fingerprint density at radius 2 is 1.14 bits per heavy atom. The molecule has 0 aliphatic heterocycles. The van der Waals surface area contributed by atoms with Crippen LogP contribution in [0.1, 0.15) is 0 Å². The van der Waals surface area contributed by atoms with Crippen LogP contribution in [0.15, 0.2) is 95.9 Å². The first-order valence-corrected chi connectivity index (χ1v) is 7.59. The van der Waals surface area contributed by atoms with Crippen molar-refractivity contribution >= 4 is 23.3 Å². The van der Waals surface area contributed by atoms with E-state index in [-0.39, 0.29) is 0 Å². The number of hydrogen-bond donors (Lipinski definition) is 1. The van der Waals surface area contributed by atoms with Gasteiger partial charge in [0, 0.05) is 16.8 Å². The molecule has 3 rings (SSSR count). The molecular formula is C18H16N2S. The number of para-hydroxylation sites is 2. The van der Waals surface area contributed by atoms with Crippen molar-refractivity contribution in [3.63, 3.8) is 0 Å². The maximum absolute atomic E-state index is 3.44. The lowest BCUT2D eigenvalue weighted by atomic mass is 10.3. The number of anilines is 2. The molecule has 3 aromatic carbocycles. The Morgan fingerprint density at radius 3 is 1.76 bits per heavy atom. The van der Waals surface area contributed by atoms with Crippen molar-refractivity contribution in [2.24, 2.45) is 0 Å². The Kier molecular flexibility index (Phi) is 4.44. The van der Waals surface area contributed by atoms with Crippen LogP contribution in [-0.2, 0) is 0 Å². The second kappa shape index (κ2) is 6.86. The van der Waals surface area contributed by atoms with E-state index in [0.717, 1.165) is 11.4 Å². The van der Waals surface area contributed by atoms with Crippen LogP contribution in [0, 0.1) is 0 Å². The fourth-order valence-electron chi connectivity index (χ4n) is 1.92. The summed E-state index contributed by atoms with van der Waals surface area (Å²) in [5, 5.41) is 0. The molecule has 0 aliphatic rings. The monoisotopic (exact) mass is 292 g/mol. The molecule has 3 heteroatoms. The molecule has 0 bridgehead atoms. The maximum Gasteiger partial charge on any atom is 0.0704 e. The molecule has 104 valence electrons. The lowest BCUT2D eigenvalue weighted by Crippen LogP contribution is -2.21. The average molecular weight is 292 g/mol. The van der Waals surface area contributed by atoms with Crippen molar-refractivity contribution in [2.75, 3.05) is 9.84 Å². The number of benzene rings is 3. The van der Waals surface area contributed by atoms with Gasteiger partial charge in [0.15, 0.2) is 0 Å². The van der Waals surface area contributed by atoms with Crippen LogP contribution in [0.3, 0.4) is 0 Å². The molecule has 0 aromatic heterocycles. The summed E-state index contributed by atoms with van der Waals surface area (Å²) in [4.78, 5) is 1.18. The number of hydrazine groups is 1. The summed E-state index contributed by atoms with van der Waals surface area (Å²) in [6.45, 7) is 0. The molecule has 0 amide bonds.